The van der Waals surface area contributed by atoms with Crippen LogP contribution in [0.2, 0.25) is 0 Å². The lowest BCUT2D eigenvalue weighted by Crippen LogP contribution is -2.75. The molecule has 1 amide bonds. The molecule has 0 saturated carbocycles. The minimum Gasteiger partial charge on any atom is -0.465 e. The van der Waals surface area contributed by atoms with Crippen molar-refractivity contribution in [3.8, 4) is 0 Å². The van der Waals surface area contributed by atoms with E-state index in [1.807, 2.05) is 0 Å². The van der Waals surface area contributed by atoms with Crippen LogP contribution in [0.1, 0.15) is 34.6 Å². The summed E-state index contributed by atoms with van der Waals surface area (Å²) < 4.78 is 36.3. The SMILES string of the molecule is COC(=O)[C@]1(OC)O[C@@H]([C@H](OC(C)=O)[C@@H](COC(C)=O)OC(C)=O)[C@H](NC(C)=O)[C@@H](OC(C)=O)[C@@H]1O. The molecule has 36 heavy (non-hydrogen) atoms. The van der Waals surface area contributed by atoms with Crippen LogP contribution in [0.5, 0.6) is 0 Å². The molecule has 1 aliphatic rings. The van der Waals surface area contributed by atoms with Crippen LogP contribution >= 0.6 is 0 Å². The van der Waals surface area contributed by atoms with Gasteiger partial charge in [-0.3, -0.25) is 24.0 Å². The Morgan fingerprint density at radius 2 is 1.50 bits per heavy atom. The van der Waals surface area contributed by atoms with Gasteiger partial charge >= 0.3 is 29.8 Å². The van der Waals surface area contributed by atoms with E-state index in [1.165, 1.54) is 0 Å². The zero-order chi connectivity index (χ0) is 27.8. The smallest absolute Gasteiger partial charge is 0.369 e. The van der Waals surface area contributed by atoms with E-state index >= 15 is 0 Å². The van der Waals surface area contributed by atoms with Gasteiger partial charge in [-0.1, -0.05) is 0 Å². The van der Waals surface area contributed by atoms with Gasteiger partial charge in [-0.15, -0.1) is 0 Å². The number of carbonyl (C=O) groups is 6. The monoisotopic (exact) mass is 521 g/mol. The Hall–Kier alpha value is -3.30. The molecular formula is C21H31NO14. The van der Waals surface area contributed by atoms with Gasteiger partial charge < -0.3 is 43.6 Å². The maximum absolute atomic E-state index is 12.7. The summed E-state index contributed by atoms with van der Waals surface area (Å²) in [5.41, 5.74) is 0. The standard InChI is InChI=1S/C21H31NO14/c1-9(23)22-15-17(16(34-12(4)26)14(33-11(3)25)8-32-10(2)24)36-21(31-7,20(29)30-6)19(28)18(15)35-13(5)27/h14-19,28H,8H2,1-7H3,(H,22,23)/t14-,15+,16-,17-,18-,19+,21-/m1/s1. The molecule has 0 aliphatic carbocycles. The summed E-state index contributed by atoms with van der Waals surface area (Å²) in [5.74, 6) is -8.14. The van der Waals surface area contributed by atoms with E-state index in [2.05, 4.69) is 5.32 Å². The number of methoxy groups -OCH3 is 2. The summed E-state index contributed by atoms with van der Waals surface area (Å²) in [4.78, 5) is 71.9. The van der Waals surface area contributed by atoms with Crippen molar-refractivity contribution < 1.29 is 67.0 Å². The molecule has 0 aromatic heterocycles. The molecule has 1 aliphatic heterocycles. The third-order valence-corrected chi connectivity index (χ3v) is 4.93. The fourth-order valence-electron chi connectivity index (χ4n) is 3.66. The first-order valence-corrected chi connectivity index (χ1v) is 10.6. The highest BCUT2D eigenvalue weighted by Gasteiger charge is 2.64. The molecule has 0 bridgehead atoms. The Balaban J connectivity index is 3.82. The van der Waals surface area contributed by atoms with Gasteiger partial charge in [0.25, 0.3) is 5.79 Å². The molecular weight excluding hydrogens is 490 g/mol. The molecule has 0 aromatic rings. The van der Waals surface area contributed by atoms with Crippen LogP contribution in [0.15, 0.2) is 0 Å². The Bertz CT molecular complexity index is 860. The molecule has 0 spiro atoms. The summed E-state index contributed by atoms with van der Waals surface area (Å²) >= 11 is 0. The van der Waals surface area contributed by atoms with Gasteiger partial charge in [-0.2, -0.15) is 0 Å². The predicted molar refractivity (Wildman–Crippen MR) is 114 cm³/mol. The molecule has 204 valence electrons. The van der Waals surface area contributed by atoms with Crippen LogP contribution in [-0.2, 0) is 61.9 Å². The molecule has 2 N–H and O–H groups in total. The highest BCUT2D eigenvalue weighted by Crippen LogP contribution is 2.37. The molecule has 1 fully saturated rings. The summed E-state index contributed by atoms with van der Waals surface area (Å²) in [6.45, 7) is 4.55. The maximum Gasteiger partial charge on any atom is 0.369 e. The van der Waals surface area contributed by atoms with Crippen LogP contribution in [0.3, 0.4) is 0 Å². The highest BCUT2D eigenvalue weighted by atomic mass is 16.8. The van der Waals surface area contributed by atoms with Crippen LogP contribution in [0, 0.1) is 0 Å². The summed E-state index contributed by atoms with van der Waals surface area (Å²) in [6.07, 6.45) is -8.74. The average molecular weight is 521 g/mol. The first-order valence-electron chi connectivity index (χ1n) is 10.6. The van der Waals surface area contributed by atoms with E-state index in [4.69, 9.17) is 33.2 Å². The van der Waals surface area contributed by atoms with Crippen molar-refractivity contribution in [2.24, 2.45) is 0 Å². The lowest BCUT2D eigenvalue weighted by molar-refractivity contribution is -0.342. The van der Waals surface area contributed by atoms with Gasteiger partial charge in [0.2, 0.25) is 5.91 Å². The molecule has 0 aromatic carbocycles. The Labute approximate surface area is 206 Å². The van der Waals surface area contributed by atoms with E-state index in [9.17, 15) is 33.9 Å². The normalized spacial score (nSPS) is 27.0. The zero-order valence-electron chi connectivity index (χ0n) is 20.9. The Morgan fingerprint density at radius 1 is 0.917 bits per heavy atom. The van der Waals surface area contributed by atoms with Gasteiger partial charge in [0.15, 0.2) is 24.4 Å². The van der Waals surface area contributed by atoms with Crippen molar-refractivity contribution in [1.82, 2.24) is 5.32 Å². The van der Waals surface area contributed by atoms with Gasteiger partial charge in [-0.05, 0) is 0 Å². The molecule has 1 rings (SSSR count). The van der Waals surface area contributed by atoms with Gasteiger partial charge in [0.1, 0.15) is 12.7 Å². The molecule has 15 nitrogen and oxygen atoms in total. The lowest BCUT2D eigenvalue weighted by Gasteiger charge is -2.50. The van der Waals surface area contributed by atoms with E-state index in [0.717, 1.165) is 48.8 Å². The van der Waals surface area contributed by atoms with Crippen LogP contribution in [-0.4, -0.2) is 104 Å². The minimum atomic E-state index is -2.66. The van der Waals surface area contributed by atoms with Crippen molar-refractivity contribution in [2.45, 2.75) is 77.0 Å². The van der Waals surface area contributed by atoms with Crippen LogP contribution in [0.25, 0.3) is 0 Å². The molecule has 0 unspecified atom stereocenters. The van der Waals surface area contributed by atoms with E-state index in [0.29, 0.717) is 0 Å². The number of aliphatic hydroxyl groups is 1. The number of esters is 5. The molecule has 7 atom stereocenters. The molecule has 15 heteroatoms. The van der Waals surface area contributed by atoms with Crippen molar-refractivity contribution in [3.63, 3.8) is 0 Å². The second kappa shape index (κ2) is 13.1. The fourth-order valence-corrected chi connectivity index (χ4v) is 3.66. The Kier molecular flexibility index (Phi) is 11.2. The van der Waals surface area contributed by atoms with Gasteiger partial charge in [0, 0.05) is 41.7 Å². The largest absolute Gasteiger partial charge is 0.465 e. The van der Waals surface area contributed by atoms with Crippen molar-refractivity contribution in [2.75, 3.05) is 20.8 Å². The number of hydrogen-bond donors (Lipinski definition) is 2. The first-order chi connectivity index (χ1) is 16.7. The number of hydrogen-bond acceptors (Lipinski definition) is 14. The summed E-state index contributed by atoms with van der Waals surface area (Å²) in [6, 6.07) is -1.51. The minimum absolute atomic E-state index is 0.640. The molecule has 0 radical (unpaired) electrons. The van der Waals surface area contributed by atoms with Crippen LogP contribution < -0.4 is 5.32 Å². The van der Waals surface area contributed by atoms with Crippen molar-refractivity contribution >= 4 is 35.8 Å². The number of carbonyl (C=O) groups excluding carboxylic acids is 6. The van der Waals surface area contributed by atoms with Crippen LogP contribution in [0.4, 0.5) is 0 Å². The second-order valence-electron chi connectivity index (χ2n) is 7.72. The van der Waals surface area contributed by atoms with Crippen molar-refractivity contribution in [1.29, 1.82) is 0 Å². The van der Waals surface area contributed by atoms with Crippen molar-refractivity contribution in [3.05, 3.63) is 0 Å². The summed E-state index contributed by atoms with van der Waals surface area (Å²) in [7, 11) is 1.94. The van der Waals surface area contributed by atoms with E-state index < -0.39 is 84.7 Å². The number of aliphatic hydroxyl groups excluding tert-OH is 1. The number of rotatable bonds is 10. The van der Waals surface area contributed by atoms with Gasteiger partial charge in [0.05, 0.1) is 13.2 Å². The average Bonchev–Trinajstić information content (AvgIpc) is 2.76. The maximum atomic E-state index is 12.7. The zero-order valence-corrected chi connectivity index (χ0v) is 20.9. The second-order valence-corrected chi connectivity index (χ2v) is 7.72. The highest BCUT2D eigenvalue weighted by molar-refractivity contribution is 5.80. The summed E-state index contributed by atoms with van der Waals surface area (Å²) in [5, 5.41) is 13.4. The van der Waals surface area contributed by atoms with E-state index in [1.54, 1.807) is 0 Å². The third-order valence-electron chi connectivity index (χ3n) is 4.93. The Morgan fingerprint density at radius 3 is 1.92 bits per heavy atom. The van der Waals surface area contributed by atoms with Gasteiger partial charge in [-0.25, -0.2) is 4.79 Å². The number of amides is 1. The lowest BCUT2D eigenvalue weighted by atomic mass is 9.86. The topological polar surface area (TPSA) is 199 Å². The fraction of sp³-hybridized carbons (Fsp3) is 0.714. The van der Waals surface area contributed by atoms with E-state index in [-0.39, 0.29) is 0 Å². The molecule has 1 heterocycles. The number of nitrogens with one attached hydrogen (secondary N) is 1. The quantitative estimate of drug-likeness (QED) is 0.239. The molecule has 1 saturated heterocycles. The predicted octanol–water partition coefficient (Wildman–Crippen LogP) is -1.88. The first kappa shape index (κ1) is 30.7. The third kappa shape index (κ3) is 7.60. The number of ether oxygens (including phenoxy) is 7.